The molecule has 0 saturated heterocycles. The molecule has 9 nitrogen and oxygen atoms in total. The van der Waals surface area contributed by atoms with Gasteiger partial charge in [0, 0.05) is 22.9 Å². The average Bonchev–Trinajstić information content (AvgIpc) is 2.94. The molecule has 0 fully saturated rings. The molecule has 1 aromatic carbocycles. The number of aryl methyl sites for hydroxylation is 1. The Bertz CT molecular complexity index is 930. The molecular formula is C19H20N2O7. The average molecular weight is 388 g/mol. The van der Waals surface area contributed by atoms with Crippen LogP contribution in [0.4, 0.5) is 5.69 Å². The van der Waals surface area contributed by atoms with E-state index in [0.717, 1.165) is 0 Å². The summed E-state index contributed by atoms with van der Waals surface area (Å²) in [5, 5.41) is 11.0. The molecule has 2 aromatic rings. The van der Waals surface area contributed by atoms with Crippen molar-refractivity contribution in [2.45, 2.75) is 27.2 Å². The van der Waals surface area contributed by atoms with Gasteiger partial charge in [-0.05, 0) is 26.3 Å². The third kappa shape index (κ3) is 4.61. The van der Waals surface area contributed by atoms with Gasteiger partial charge in [0.05, 0.1) is 18.0 Å². The standard InChI is InChI=1S/C19H20N2O7/c1-4-27-19(24)18-11(2)17(12(3)20-18)15(22)10-28-16(23)9-13-7-5-6-8-14(13)21(25)26/h5-8,20H,4,9-10H2,1-3H3. The summed E-state index contributed by atoms with van der Waals surface area (Å²) in [5.41, 5.74) is 1.30. The highest BCUT2D eigenvalue weighted by atomic mass is 16.6. The second kappa shape index (κ2) is 8.94. The number of nitrogens with one attached hydrogen (secondary N) is 1. The molecule has 28 heavy (non-hydrogen) atoms. The number of ether oxygens (including phenoxy) is 2. The van der Waals surface area contributed by atoms with Crippen molar-refractivity contribution in [2.24, 2.45) is 0 Å². The Morgan fingerprint density at radius 2 is 1.82 bits per heavy atom. The SMILES string of the molecule is CCOC(=O)c1[nH]c(C)c(C(=O)COC(=O)Cc2ccccc2[N+](=O)[O-])c1C. The molecule has 0 aliphatic carbocycles. The number of H-pyrrole nitrogens is 1. The Morgan fingerprint density at radius 3 is 2.46 bits per heavy atom. The maximum atomic E-state index is 12.5. The molecule has 1 N–H and O–H groups in total. The van der Waals surface area contributed by atoms with Crippen molar-refractivity contribution in [1.82, 2.24) is 4.98 Å². The van der Waals surface area contributed by atoms with Crippen molar-refractivity contribution in [3.05, 3.63) is 62.5 Å². The third-order valence-corrected chi connectivity index (χ3v) is 4.08. The molecule has 2 rings (SSSR count). The first-order chi connectivity index (χ1) is 13.3. The number of nitro benzene ring substituents is 1. The Balaban J connectivity index is 2.06. The maximum absolute atomic E-state index is 12.5. The lowest BCUT2D eigenvalue weighted by molar-refractivity contribution is -0.385. The molecule has 0 aliphatic rings. The molecule has 0 unspecified atom stereocenters. The molecule has 0 radical (unpaired) electrons. The van der Waals surface area contributed by atoms with E-state index in [-0.39, 0.29) is 35.5 Å². The minimum atomic E-state index is -0.765. The third-order valence-electron chi connectivity index (χ3n) is 4.08. The highest BCUT2D eigenvalue weighted by Gasteiger charge is 2.24. The Labute approximate surface area is 160 Å². The number of esters is 2. The summed E-state index contributed by atoms with van der Waals surface area (Å²) in [4.78, 5) is 49.6. The van der Waals surface area contributed by atoms with Gasteiger partial charge in [0.25, 0.3) is 5.69 Å². The number of hydrogen-bond acceptors (Lipinski definition) is 7. The van der Waals surface area contributed by atoms with Crippen molar-refractivity contribution in [3.8, 4) is 0 Å². The molecule has 1 heterocycles. The van der Waals surface area contributed by atoms with E-state index in [2.05, 4.69) is 4.98 Å². The number of hydrogen-bond donors (Lipinski definition) is 1. The minimum Gasteiger partial charge on any atom is -0.461 e. The lowest BCUT2D eigenvalue weighted by Gasteiger charge is -2.06. The second-order valence-corrected chi connectivity index (χ2v) is 5.99. The van der Waals surface area contributed by atoms with Crippen molar-refractivity contribution in [2.75, 3.05) is 13.2 Å². The van der Waals surface area contributed by atoms with Crippen molar-refractivity contribution < 1.29 is 28.8 Å². The number of para-hydroxylation sites is 1. The summed E-state index contributed by atoms with van der Waals surface area (Å²) in [6.07, 6.45) is -0.330. The fourth-order valence-corrected chi connectivity index (χ4v) is 2.84. The quantitative estimate of drug-likeness (QED) is 0.318. The van der Waals surface area contributed by atoms with Gasteiger partial charge in [-0.2, -0.15) is 0 Å². The summed E-state index contributed by atoms with van der Waals surface area (Å²) in [6, 6.07) is 5.81. The van der Waals surface area contributed by atoms with Gasteiger partial charge in [-0.1, -0.05) is 18.2 Å². The number of carbonyl (C=O) groups excluding carboxylic acids is 3. The predicted molar refractivity (Wildman–Crippen MR) is 98.3 cm³/mol. The summed E-state index contributed by atoms with van der Waals surface area (Å²) < 4.78 is 9.91. The first-order valence-corrected chi connectivity index (χ1v) is 8.53. The fraction of sp³-hybridized carbons (Fsp3) is 0.316. The van der Waals surface area contributed by atoms with Crippen molar-refractivity contribution >= 4 is 23.4 Å². The molecule has 0 saturated carbocycles. The first kappa shape index (κ1) is 20.8. The van der Waals surface area contributed by atoms with E-state index in [1.165, 1.54) is 18.2 Å². The summed E-state index contributed by atoms with van der Waals surface area (Å²) >= 11 is 0. The van der Waals surface area contributed by atoms with E-state index in [0.29, 0.717) is 11.3 Å². The fourth-order valence-electron chi connectivity index (χ4n) is 2.84. The number of nitrogens with zero attached hydrogens (tertiary/aromatic N) is 1. The Morgan fingerprint density at radius 1 is 1.14 bits per heavy atom. The van der Waals surface area contributed by atoms with Gasteiger partial charge in [0.2, 0.25) is 5.78 Å². The van der Waals surface area contributed by atoms with Gasteiger partial charge in [-0.25, -0.2) is 4.79 Å². The van der Waals surface area contributed by atoms with Crippen LogP contribution in [0.25, 0.3) is 0 Å². The zero-order valence-electron chi connectivity index (χ0n) is 15.7. The highest BCUT2D eigenvalue weighted by molar-refractivity contribution is 6.03. The molecule has 1 aromatic heterocycles. The van der Waals surface area contributed by atoms with Crippen LogP contribution in [-0.2, 0) is 20.7 Å². The number of aromatic nitrogens is 1. The van der Waals surface area contributed by atoms with Crippen LogP contribution in [0, 0.1) is 24.0 Å². The van der Waals surface area contributed by atoms with E-state index in [1.807, 2.05) is 0 Å². The minimum absolute atomic E-state index is 0.175. The topological polar surface area (TPSA) is 129 Å². The summed E-state index contributed by atoms with van der Waals surface area (Å²) in [7, 11) is 0. The molecule has 148 valence electrons. The Hall–Kier alpha value is -3.49. The molecule has 0 aliphatic heterocycles. The lowest BCUT2D eigenvalue weighted by Crippen LogP contribution is -2.17. The van der Waals surface area contributed by atoms with Gasteiger partial charge in [0.15, 0.2) is 6.61 Å². The summed E-state index contributed by atoms with van der Waals surface area (Å²) in [5.74, 6) is -1.83. The molecule has 9 heteroatoms. The van der Waals surface area contributed by atoms with Crippen molar-refractivity contribution in [1.29, 1.82) is 0 Å². The van der Waals surface area contributed by atoms with Gasteiger partial charge in [0.1, 0.15) is 5.69 Å². The second-order valence-electron chi connectivity index (χ2n) is 5.99. The van der Waals surface area contributed by atoms with E-state index in [4.69, 9.17) is 9.47 Å². The van der Waals surface area contributed by atoms with Crippen molar-refractivity contribution in [3.63, 3.8) is 0 Å². The Kier molecular flexibility index (Phi) is 6.64. The number of aromatic amines is 1. The van der Waals surface area contributed by atoms with E-state index < -0.39 is 29.3 Å². The first-order valence-electron chi connectivity index (χ1n) is 8.53. The van der Waals surface area contributed by atoms with Crippen LogP contribution in [0.3, 0.4) is 0 Å². The predicted octanol–water partition coefficient (Wildman–Crippen LogP) is 2.69. The number of carbonyl (C=O) groups is 3. The zero-order valence-corrected chi connectivity index (χ0v) is 15.7. The normalized spacial score (nSPS) is 10.4. The zero-order chi connectivity index (χ0) is 20.8. The van der Waals surface area contributed by atoms with Gasteiger partial charge < -0.3 is 14.5 Å². The molecule has 0 amide bonds. The van der Waals surface area contributed by atoms with E-state index >= 15 is 0 Å². The highest BCUT2D eigenvalue weighted by Crippen LogP contribution is 2.21. The van der Waals surface area contributed by atoms with Gasteiger partial charge in [-0.3, -0.25) is 19.7 Å². The van der Waals surface area contributed by atoms with Crippen LogP contribution in [0.2, 0.25) is 0 Å². The van der Waals surface area contributed by atoms with Gasteiger partial charge in [-0.15, -0.1) is 0 Å². The van der Waals surface area contributed by atoms with Crippen LogP contribution in [0.15, 0.2) is 24.3 Å². The number of benzene rings is 1. The van der Waals surface area contributed by atoms with Crippen LogP contribution in [0.5, 0.6) is 0 Å². The van der Waals surface area contributed by atoms with Gasteiger partial charge >= 0.3 is 11.9 Å². The van der Waals surface area contributed by atoms with E-state index in [1.54, 1.807) is 26.8 Å². The maximum Gasteiger partial charge on any atom is 0.355 e. The van der Waals surface area contributed by atoms with Crippen LogP contribution >= 0.6 is 0 Å². The van der Waals surface area contributed by atoms with Crippen LogP contribution < -0.4 is 0 Å². The monoisotopic (exact) mass is 388 g/mol. The smallest absolute Gasteiger partial charge is 0.355 e. The molecule has 0 spiro atoms. The summed E-state index contributed by atoms with van der Waals surface area (Å²) in [6.45, 7) is 4.55. The number of rotatable bonds is 8. The molecular weight excluding hydrogens is 368 g/mol. The lowest BCUT2D eigenvalue weighted by atomic mass is 10.1. The number of ketones is 1. The number of nitro groups is 1. The van der Waals surface area contributed by atoms with Crippen LogP contribution in [0.1, 0.15) is 44.6 Å². The largest absolute Gasteiger partial charge is 0.461 e. The van der Waals surface area contributed by atoms with Crippen LogP contribution in [-0.4, -0.2) is 40.8 Å². The molecule has 0 atom stereocenters. The number of Topliss-reactive ketones (excluding diaryl/α,β-unsaturated/α-hetero) is 1. The molecule has 0 bridgehead atoms. The van der Waals surface area contributed by atoms with E-state index in [9.17, 15) is 24.5 Å².